The summed E-state index contributed by atoms with van der Waals surface area (Å²) >= 11 is 3.22. The van der Waals surface area contributed by atoms with Gasteiger partial charge in [0.2, 0.25) is 0 Å². The number of nitro groups is 1. The molecule has 0 spiro atoms. The Morgan fingerprint density at radius 1 is 1.39 bits per heavy atom. The molecule has 0 radical (unpaired) electrons. The number of piperidine rings is 1. The predicted molar refractivity (Wildman–Crippen MR) is 74.6 cm³/mol. The van der Waals surface area contributed by atoms with E-state index in [-0.39, 0.29) is 24.2 Å². The van der Waals surface area contributed by atoms with E-state index >= 15 is 0 Å². The topological polar surface area (TPSA) is 64.4 Å². The van der Waals surface area contributed by atoms with Crippen LogP contribution in [0.25, 0.3) is 0 Å². The zero-order valence-corrected chi connectivity index (χ0v) is 12.0. The van der Waals surface area contributed by atoms with Crippen molar-refractivity contribution < 1.29 is 9.66 Å². The van der Waals surface area contributed by atoms with Gasteiger partial charge in [0.05, 0.1) is 4.92 Å². The molecule has 2 rings (SSSR count). The van der Waals surface area contributed by atoms with Crippen LogP contribution in [0.1, 0.15) is 12.8 Å². The second kappa shape index (κ2) is 6.92. The molecule has 100 valence electrons. The van der Waals surface area contributed by atoms with Crippen LogP contribution in [-0.4, -0.2) is 24.1 Å². The minimum absolute atomic E-state index is 0. The van der Waals surface area contributed by atoms with Crippen LogP contribution in [0.5, 0.6) is 5.75 Å². The molecule has 1 heterocycles. The van der Waals surface area contributed by atoms with E-state index in [4.69, 9.17) is 4.74 Å². The van der Waals surface area contributed by atoms with Crippen molar-refractivity contribution in [3.8, 4) is 5.75 Å². The standard InChI is InChI=1S/C11H13BrN2O3.ClH/c12-8-1-2-11(10(7-8)14(15)16)17-9-3-5-13-6-4-9;/h1-2,7,9,13H,3-6H2;1H. The predicted octanol–water partition coefficient (Wildman–Crippen LogP) is 2.91. The van der Waals surface area contributed by atoms with Gasteiger partial charge in [-0.05, 0) is 38.1 Å². The number of ether oxygens (including phenoxy) is 1. The maximum Gasteiger partial charge on any atom is 0.312 e. The highest BCUT2D eigenvalue weighted by molar-refractivity contribution is 9.10. The van der Waals surface area contributed by atoms with Gasteiger partial charge in [-0.25, -0.2) is 0 Å². The highest BCUT2D eigenvalue weighted by Crippen LogP contribution is 2.31. The average Bonchev–Trinajstić information content (AvgIpc) is 2.32. The summed E-state index contributed by atoms with van der Waals surface area (Å²) in [4.78, 5) is 10.5. The monoisotopic (exact) mass is 336 g/mol. The second-order valence-corrected chi connectivity index (χ2v) is 4.85. The maximum atomic E-state index is 10.9. The Labute approximate surface area is 120 Å². The first-order chi connectivity index (χ1) is 8.16. The lowest BCUT2D eigenvalue weighted by atomic mass is 10.1. The Balaban J connectivity index is 0.00000162. The van der Waals surface area contributed by atoms with Crippen molar-refractivity contribution in [2.75, 3.05) is 13.1 Å². The molecule has 1 saturated heterocycles. The van der Waals surface area contributed by atoms with Crippen LogP contribution >= 0.6 is 28.3 Å². The molecule has 0 saturated carbocycles. The molecule has 1 aliphatic rings. The minimum atomic E-state index is -0.416. The van der Waals surface area contributed by atoms with E-state index in [1.165, 1.54) is 6.07 Å². The molecule has 0 unspecified atom stereocenters. The third-order valence-electron chi connectivity index (χ3n) is 2.70. The van der Waals surface area contributed by atoms with E-state index in [1.807, 2.05) is 0 Å². The summed E-state index contributed by atoms with van der Waals surface area (Å²) in [5.74, 6) is 0.352. The van der Waals surface area contributed by atoms with Crippen LogP contribution in [-0.2, 0) is 0 Å². The Kier molecular flexibility index (Phi) is 5.84. The molecule has 7 heteroatoms. The zero-order valence-electron chi connectivity index (χ0n) is 9.60. The van der Waals surface area contributed by atoms with Gasteiger partial charge in [0.1, 0.15) is 6.10 Å². The molecule has 1 aliphatic heterocycles. The van der Waals surface area contributed by atoms with Crippen LogP contribution in [0.4, 0.5) is 5.69 Å². The highest BCUT2D eigenvalue weighted by Gasteiger charge is 2.20. The summed E-state index contributed by atoms with van der Waals surface area (Å²) in [6.45, 7) is 1.80. The van der Waals surface area contributed by atoms with Crippen molar-refractivity contribution in [3.05, 3.63) is 32.8 Å². The largest absolute Gasteiger partial charge is 0.483 e. The molecule has 0 aliphatic carbocycles. The molecular weight excluding hydrogens is 323 g/mol. The normalized spacial score (nSPS) is 15.8. The fourth-order valence-corrected chi connectivity index (χ4v) is 2.17. The van der Waals surface area contributed by atoms with E-state index in [0.29, 0.717) is 10.2 Å². The molecular formula is C11H14BrClN2O3. The Bertz CT molecular complexity index is 425. The Hall–Kier alpha value is -0.850. The minimum Gasteiger partial charge on any atom is -0.483 e. The highest BCUT2D eigenvalue weighted by atomic mass is 79.9. The Morgan fingerprint density at radius 2 is 2.06 bits per heavy atom. The molecule has 1 fully saturated rings. The van der Waals surface area contributed by atoms with Crippen LogP contribution in [0.3, 0.4) is 0 Å². The van der Waals surface area contributed by atoms with Crippen molar-refractivity contribution in [3.63, 3.8) is 0 Å². The summed E-state index contributed by atoms with van der Waals surface area (Å²) in [6.07, 6.45) is 1.83. The fraction of sp³-hybridized carbons (Fsp3) is 0.455. The summed E-state index contributed by atoms with van der Waals surface area (Å²) < 4.78 is 6.38. The Morgan fingerprint density at radius 3 is 2.67 bits per heavy atom. The number of nitro benzene ring substituents is 1. The van der Waals surface area contributed by atoms with Gasteiger partial charge in [-0.1, -0.05) is 15.9 Å². The number of hydrogen-bond donors (Lipinski definition) is 1. The van der Waals surface area contributed by atoms with Crippen LogP contribution < -0.4 is 10.1 Å². The molecule has 0 amide bonds. The molecule has 1 N–H and O–H groups in total. The lowest BCUT2D eigenvalue weighted by Crippen LogP contribution is -2.34. The third-order valence-corrected chi connectivity index (χ3v) is 3.19. The summed E-state index contributed by atoms with van der Waals surface area (Å²) in [7, 11) is 0. The third kappa shape index (κ3) is 3.83. The lowest BCUT2D eigenvalue weighted by molar-refractivity contribution is -0.386. The van der Waals surface area contributed by atoms with Crippen molar-refractivity contribution in [2.24, 2.45) is 0 Å². The zero-order chi connectivity index (χ0) is 12.3. The number of hydrogen-bond acceptors (Lipinski definition) is 4. The first-order valence-electron chi connectivity index (χ1n) is 5.48. The van der Waals surface area contributed by atoms with E-state index in [2.05, 4.69) is 21.2 Å². The average molecular weight is 338 g/mol. The van der Waals surface area contributed by atoms with Gasteiger partial charge in [-0.15, -0.1) is 12.4 Å². The quantitative estimate of drug-likeness (QED) is 0.680. The van der Waals surface area contributed by atoms with Crippen LogP contribution in [0.15, 0.2) is 22.7 Å². The lowest BCUT2D eigenvalue weighted by Gasteiger charge is -2.23. The van der Waals surface area contributed by atoms with Gasteiger partial charge in [-0.2, -0.15) is 0 Å². The van der Waals surface area contributed by atoms with Crippen molar-refractivity contribution >= 4 is 34.0 Å². The van der Waals surface area contributed by atoms with E-state index in [1.54, 1.807) is 12.1 Å². The fourth-order valence-electron chi connectivity index (χ4n) is 1.83. The van der Waals surface area contributed by atoms with Gasteiger partial charge in [0, 0.05) is 10.5 Å². The van der Waals surface area contributed by atoms with Crippen molar-refractivity contribution in [2.45, 2.75) is 18.9 Å². The number of nitrogens with zero attached hydrogens (tertiary/aromatic N) is 1. The molecule has 5 nitrogen and oxygen atoms in total. The van der Waals surface area contributed by atoms with Gasteiger partial charge in [-0.3, -0.25) is 10.1 Å². The van der Waals surface area contributed by atoms with Crippen LogP contribution in [0, 0.1) is 10.1 Å². The molecule has 1 aromatic rings. The van der Waals surface area contributed by atoms with E-state index < -0.39 is 4.92 Å². The molecule has 0 bridgehead atoms. The maximum absolute atomic E-state index is 10.9. The summed E-state index contributed by atoms with van der Waals surface area (Å²) in [5.41, 5.74) is 0.0120. The number of halogens is 2. The number of nitrogens with one attached hydrogen (secondary N) is 1. The second-order valence-electron chi connectivity index (χ2n) is 3.94. The molecule has 0 atom stereocenters. The van der Waals surface area contributed by atoms with Gasteiger partial charge >= 0.3 is 5.69 Å². The molecule has 1 aromatic carbocycles. The van der Waals surface area contributed by atoms with Gasteiger partial charge < -0.3 is 10.1 Å². The van der Waals surface area contributed by atoms with Gasteiger partial charge in [0.25, 0.3) is 0 Å². The van der Waals surface area contributed by atoms with Crippen molar-refractivity contribution in [1.82, 2.24) is 5.32 Å². The van der Waals surface area contributed by atoms with E-state index in [9.17, 15) is 10.1 Å². The number of rotatable bonds is 3. The first-order valence-corrected chi connectivity index (χ1v) is 6.27. The van der Waals surface area contributed by atoms with Gasteiger partial charge in [0.15, 0.2) is 5.75 Å². The van der Waals surface area contributed by atoms with E-state index in [0.717, 1.165) is 25.9 Å². The first kappa shape index (κ1) is 15.2. The van der Waals surface area contributed by atoms with Crippen LogP contribution in [0.2, 0.25) is 0 Å². The smallest absolute Gasteiger partial charge is 0.312 e. The molecule has 18 heavy (non-hydrogen) atoms. The number of benzene rings is 1. The summed E-state index contributed by atoms with van der Waals surface area (Å²) in [5, 5.41) is 14.1. The van der Waals surface area contributed by atoms with Crippen molar-refractivity contribution in [1.29, 1.82) is 0 Å². The SMILES string of the molecule is Cl.O=[N+]([O-])c1cc(Br)ccc1OC1CCNCC1. The summed E-state index contributed by atoms with van der Waals surface area (Å²) in [6, 6.07) is 4.87. The molecule has 0 aromatic heterocycles.